The highest BCUT2D eigenvalue weighted by Crippen LogP contribution is 2.39. The Hall–Kier alpha value is -4.03. The number of hydrogen-bond acceptors (Lipinski definition) is 7. The Kier molecular flexibility index (Phi) is 8.03. The first-order valence-corrected chi connectivity index (χ1v) is 13.4. The van der Waals surface area contributed by atoms with Crippen molar-refractivity contribution in [3.63, 3.8) is 0 Å². The molecule has 0 radical (unpaired) electrons. The summed E-state index contributed by atoms with van der Waals surface area (Å²) in [7, 11) is 1.61. The molecular weight excluding hydrogens is 523 g/mol. The number of methoxy groups -OCH3 is 1. The van der Waals surface area contributed by atoms with Crippen LogP contribution in [0.3, 0.4) is 0 Å². The van der Waals surface area contributed by atoms with E-state index in [1.807, 2.05) is 16.8 Å². The molecule has 0 saturated heterocycles. The van der Waals surface area contributed by atoms with Crippen LogP contribution < -0.4 is 15.4 Å². The van der Waals surface area contributed by atoms with Crippen molar-refractivity contribution >= 4 is 39.2 Å². The molecule has 3 amide bonds. The van der Waals surface area contributed by atoms with E-state index < -0.39 is 5.82 Å². The quantitative estimate of drug-likeness (QED) is 0.275. The van der Waals surface area contributed by atoms with Crippen molar-refractivity contribution in [3.05, 3.63) is 54.9 Å². The van der Waals surface area contributed by atoms with E-state index in [9.17, 15) is 14.0 Å². The summed E-state index contributed by atoms with van der Waals surface area (Å²) in [6.07, 6.45) is 7.20. The van der Waals surface area contributed by atoms with Gasteiger partial charge >= 0.3 is 6.03 Å². The third-order valence-corrected chi connectivity index (χ3v) is 7.38. The predicted octanol–water partition coefficient (Wildman–Crippen LogP) is 4.87. The maximum absolute atomic E-state index is 14.8. The van der Waals surface area contributed by atoms with E-state index >= 15 is 0 Å². The van der Waals surface area contributed by atoms with E-state index in [1.54, 1.807) is 43.6 Å². The van der Waals surface area contributed by atoms with Crippen LogP contribution in [0.5, 0.6) is 11.5 Å². The topological polar surface area (TPSA) is 111 Å². The number of benzene rings is 1. The number of nitrogens with zero attached hydrogens (tertiary/aromatic N) is 4. The number of halogens is 1. The van der Waals surface area contributed by atoms with Crippen LogP contribution in [0.15, 0.2) is 49.1 Å². The van der Waals surface area contributed by atoms with Crippen LogP contribution >= 0.6 is 11.3 Å². The van der Waals surface area contributed by atoms with Crippen molar-refractivity contribution in [3.8, 4) is 22.1 Å². The molecule has 3 heterocycles. The van der Waals surface area contributed by atoms with Crippen molar-refractivity contribution in [2.24, 2.45) is 0 Å². The lowest BCUT2D eigenvalue weighted by Gasteiger charge is -2.20. The molecule has 0 atom stereocenters. The first-order valence-electron chi connectivity index (χ1n) is 12.6. The van der Waals surface area contributed by atoms with E-state index in [0.29, 0.717) is 43.2 Å². The van der Waals surface area contributed by atoms with E-state index in [0.717, 1.165) is 28.1 Å². The van der Waals surface area contributed by atoms with E-state index in [2.05, 4.69) is 20.6 Å². The number of hydrogen-bond donors (Lipinski definition) is 2. The van der Waals surface area contributed by atoms with Crippen molar-refractivity contribution in [1.82, 2.24) is 24.8 Å². The van der Waals surface area contributed by atoms with Gasteiger partial charge in [-0.3, -0.25) is 9.78 Å². The van der Waals surface area contributed by atoms with Gasteiger partial charge in [0.2, 0.25) is 5.91 Å². The van der Waals surface area contributed by atoms with Crippen LogP contribution in [0, 0.1) is 5.82 Å². The van der Waals surface area contributed by atoms with Crippen LogP contribution in [0.4, 0.5) is 14.9 Å². The first kappa shape index (κ1) is 26.6. The summed E-state index contributed by atoms with van der Waals surface area (Å²) in [6, 6.07) is 7.78. The highest BCUT2D eigenvalue weighted by atomic mass is 32.1. The third-order valence-electron chi connectivity index (χ3n) is 6.22. The molecule has 1 aromatic carbocycles. The van der Waals surface area contributed by atoms with Gasteiger partial charge in [0.05, 0.1) is 33.7 Å². The normalized spacial score (nSPS) is 12.9. The molecular formula is C27H29FN6O4S. The summed E-state index contributed by atoms with van der Waals surface area (Å²) < 4.78 is 28.5. The van der Waals surface area contributed by atoms with Crippen LogP contribution in [0.1, 0.15) is 19.8 Å². The van der Waals surface area contributed by atoms with Crippen LogP contribution in [-0.4, -0.2) is 64.2 Å². The highest BCUT2D eigenvalue weighted by Gasteiger charge is 2.23. The van der Waals surface area contributed by atoms with Crippen molar-refractivity contribution in [2.75, 3.05) is 32.1 Å². The average Bonchev–Trinajstić information content (AvgIpc) is 3.40. The minimum absolute atomic E-state index is 0.00286. The Morgan fingerprint density at radius 1 is 1.18 bits per heavy atom. The Morgan fingerprint density at radius 2 is 2.03 bits per heavy atom. The monoisotopic (exact) mass is 552 g/mol. The minimum Gasteiger partial charge on any atom is -0.453 e. The average molecular weight is 553 g/mol. The van der Waals surface area contributed by atoms with Crippen LogP contribution in [0.25, 0.3) is 20.8 Å². The number of thiophene rings is 1. The summed E-state index contributed by atoms with van der Waals surface area (Å²) in [5, 5.41) is 5.44. The van der Waals surface area contributed by atoms with E-state index in [-0.39, 0.29) is 23.7 Å². The molecule has 5 rings (SSSR count). The number of ether oxygens (including phenoxy) is 2. The fourth-order valence-corrected chi connectivity index (χ4v) is 4.98. The lowest BCUT2D eigenvalue weighted by atomic mass is 10.3. The molecule has 4 aromatic rings. The van der Waals surface area contributed by atoms with Gasteiger partial charge in [-0.1, -0.05) is 0 Å². The van der Waals surface area contributed by atoms with Gasteiger partial charge in [0.1, 0.15) is 5.75 Å². The van der Waals surface area contributed by atoms with Gasteiger partial charge in [0.15, 0.2) is 11.6 Å². The van der Waals surface area contributed by atoms with Gasteiger partial charge in [-0.25, -0.2) is 14.2 Å². The third kappa shape index (κ3) is 6.70. The molecule has 0 bridgehead atoms. The predicted molar refractivity (Wildman–Crippen MR) is 147 cm³/mol. The van der Waals surface area contributed by atoms with Crippen molar-refractivity contribution in [1.29, 1.82) is 0 Å². The van der Waals surface area contributed by atoms with E-state index in [4.69, 9.17) is 9.47 Å². The van der Waals surface area contributed by atoms with Crippen LogP contribution in [0.2, 0.25) is 0 Å². The number of fused-ring (bicyclic) bond motifs is 1. The molecule has 0 unspecified atom stereocenters. The number of carbonyl (C=O) groups excluding carboxylic acids is 2. The second kappa shape index (κ2) is 11.8. The standard InChI is InChI=1S/C27H29FN6O4S/c1-17(35)34(11-12-37-2)10-9-33-15-22(30-16-33)25-14-21-26(39-25)24(7-8-29-21)38-23-6-5-19(13-20(23)28)32-27(36)31-18-3-4-18/h5-8,13-16,18H,3-4,9-12H2,1-2H3,(H2,31,32,36). The summed E-state index contributed by atoms with van der Waals surface area (Å²) in [6.45, 7) is 3.71. The minimum atomic E-state index is -0.593. The first-order chi connectivity index (χ1) is 18.9. The second-order valence-electron chi connectivity index (χ2n) is 9.25. The van der Waals surface area contributed by atoms with Crippen molar-refractivity contribution in [2.45, 2.75) is 32.4 Å². The number of pyridine rings is 1. The highest BCUT2D eigenvalue weighted by molar-refractivity contribution is 7.22. The number of imidazole rings is 1. The number of aromatic nitrogens is 3. The lowest BCUT2D eigenvalue weighted by molar-refractivity contribution is -0.129. The molecule has 0 spiro atoms. The molecule has 1 aliphatic carbocycles. The Balaban J connectivity index is 1.27. The number of amides is 3. The number of anilines is 1. The zero-order valence-electron chi connectivity index (χ0n) is 21.6. The molecule has 10 nitrogen and oxygen atoms in total. The lowest BCUT2D eigenvalue weighted by Crippen LogP contribution is -2.34. The Morgan fingerprint density at radius 3 is 2.77 bits per heavy atom. The summed E-state index contributed by atoms with van der Waals surface area (Å²) >= 11 is 1.45. The van der Waals surface area contributed by atoms with Gasteiger partial charge < -0.3 is 29.6 Å². The number of rotatable bonds is 11. The van der Waals surface area contributed by atoms with E-state index in [1.165, 1.54) is 23.5 Å². The Labute approximate surface area is 228 Å². The van der Waals surface area contributed by atoms with Crippen LogP contribution in [-0.2, 0) is 16.1 Å². The Bertz CT molecular complexity index is 1480. The molecule has 1 aliphatic rings. The molecule has 12 heteroatoms. The summed E-state index contributed by atoms with van der Waals surface area (Å²) in [5.74, 6) is -0.0860. The number of urea groups is 1. The second-order valence-corrected chi connectivity index (χ2v) is 10.3. The molecule has 1 saturated carbocycles. The fraction of sp³-hybridized carbons (Fsp3) is 0.333. The van der Waals surface area contributed by atoms with Gasteiger partial charge in [-0.2, -0.15) is 0 Å². The molecule has 39 heavy (non-hydrogen) atoms. The molecule has 1 fully saturated rings. The zero-order valence-corrected chi connectivity index (χ0v) is 22.5. The molecule has 204 valence electrons. The van der Waals surface area contributed by atoms with Gasteiger partial charge in [0.25, 0.3) is 0 Å². The number of nitrogens with one attached hydrogen (secondary N) is 2. The van der Waals surface area contributed by atoms with Gasteiger partial charge in [0, 0.05) is 69.9 Å². The summed E-state index contributed by atoms with van der Waals surface area (Å²) in [5.41, 5.74) is 1.82. The van der Waals surface area contributed by atoms with Crippen molar-refractivity contribution < 1.29 is 23.5 Å². The maximum atomic E-state index is 14.8. The maximum Gasteiger partial charge on any atom is 0.319 e. The fourth-order valence-electron chi connectivity index (χ4n) is 3.96. The number of carbonyl (C=O) groups is 2. The smallest absolute Gasteiger partial charge is 0.319 e. The van der Waals surface area contributed by atoms with Gasteiger partial charge in [-0.15, -0.1) is 11.3 Å². The summed E-state index contributed by atoms with van der Waals surface area (Å²) in [4.78, 5) is 35.4. The molecule has 0 aliphatic heterocycles. The largest absolute Gasteiger partial charge is 0.453 e. The van der Waals surface area contributed by atoms with Gasteiger partial charge in [-0.05, 0) is 31.0 Å². The SMILES string of the molecule is COCCN(CCn1cnc(-c2cc3nccc(Oc4ccc(NC(=O)NC5CC5)cc4F)c3s2)c1)C(C)=O. The molecule has 2 N–H and O–H groups in total. The zero-order chi connectivity index (χ0) is 27.4. The molecule has 3 aromatic heterocycles.